The van der Waals surface area contributed by atoms with Gasteiger partial charge in [0, 0.05) is 5.02 Å². The van der Waals surface area contributed by atoms with E-state index in [2.05, 4.69) is 5.32 Å². The highest BCUT2D eigenvalue weighted by atomic mass is 35.5. The van der Waals surface area contributed by atoms with Crippen LogP contribution >= 0.6 is 11.6 Å². The van der Waals surface area contributed by atoms with Crippen molar-refractivity contribution in [3.05, 3.63) is 63.2 Å². The first-order valence-corrected chi connectivity index (χ1v) is 7.78. The number of nitro benzene ring substituents is 1. The predicted molar refractivity (Wildman–Crippen MR) is 93.2 cm³/mol. The molecule has 0 aromatic heterocycles. The topological polar surface area (TPSA) is 90.7 Å². The molecule has 0 bridgehead atoms. The van der Waals surface area contributed by atoms with E-state index in [9.17, 15) is 14.9 Å². The van der Waals surface area contributed by atoms with Gasteiger partial charge in [0.2, 0.25) is 0 Å². The van der Waals surface area contributed by atoms with Crippen molar-refractivity contribution in [2.24, 2.45) is 0 Å². The number of carbonyl (C=O) groups is 1. The first-order chi connectivity index (χ1) is 11.9. The first-order valence-electron chi connectivity index (χ1n) is 7.40. The third-order valence-corrected chi connectivity index (χ3v) is 3.72. The number of methoxy groups -OCH3 is 1. The van der Waals surface area contributed by atoms with Crippen molar-refractivity contribution in [3.63, 3.8) is 0 Å². The molecule has 8 heteroatoms. The standard InChI is InChI=1S/C17H17ClN2O5/c1-11(12-3-5-13(18)6-4-12)19-17(21)10-25-16-8-7-14(24-2)9-15(16)20(22)23/h3-9,11H,10H2,1-2H3,(H,19,21). The van der Waals surface area contributed by atoms with Crippen molar-refractivity contribution in [3.8, 4) is 11.5 Å². The minimum absolute atomic E-state index is 0.0000889. The van der Waals surface area contributed by atoms with Gasteiger partial charge < -0.3 is 14.8 Å². The molecule has 0 fully saturated rings. The van der Waals surface area contributed by atoms with Gasteiger partial charge in [0.15, 0.2) is 12.4 Å². The zero-order chi connectivity index (χ0) is 18.4. The zero-order valence-corrected chi connectivity index (χ0v) is 14.4. The van der Waals surface area contributed by atoms with Gasteiger partial charge in [-0.25, -0.2) is 0 Å². The van der Waals surface area contributed by atoms with Gasteiger partial charge in [-0.1, -0.05) is 23.7 Å². The van der Waals surface area contributed by atoms with Crippen LogP contribution in [0.15, 0.2) is 42.5 Å². The lowest BCUT2D eigenvalue weighted by Crippen LogP contribution is -2.31. The van der Waals surface area contributed by atoms with Gasteiger partial charge in [0.05, 0.1) is 24.1 Å². The van der Waals surface area contributed by atoms with E-state index >= 15 is 0 Å². The van der Waals surface area contributed by atoms with Crippen LogP contribution < -0.4 is 14.8 Å². The number of nitrogens with zero attached hydrogens (tertiary/aromatic N) is 1. The van der Waals surface area contributed by atoms with E-state index in [-0.39, 0.29) is 24.1 Å². The number of hydrogen-bond acceptors (Lipinski definition) is 5. The molecule has 2 aromatic rings. The molecule has 0 aliphatic rings. The lowest BCUT2D eigenvalue weighted by atomic mass is 10.1. The minimum atomic E-state index is -0.591. The summed E-state index contributed by atoms with van der Waals surface area (Å²) in [5, 5.41) is 14.4. The highest BCUT2D eigenvalue weighted by molar-refractivity contribution is 6.30. The molecule has 0 saturated heterocycles. The Balaban J connectivity index is 1.97. The van der Waals surface area contributed by atoms with Gasteiger partial charge in [-0.3, -0.25) is 14.9 Å². The quantitative estimate of drug-likeness (QED) is 0.599. The lowest BCUT2D eigenvalue weighted by molar-refractivity contribution is -0.385. The molecule has 132 valence electrons. The predicted octanol–water partition coefficient (Wildman–Crippen LogP) is 3.51. The number of halogens is 1. The van der Waals surface area contributed by atoms with E-state index in [1.54, 1.807) is 12.1 Å². The van der Waals surface area contributed by atoms with Crippen molar-refractivity contribution in [1.82, 2.24) is 5.32 Å². The molecule has 0 heterocycles. The molecular formula is C17H17ClN2O5. The van der Waals surface area contributed by atoms with E-state index in [1.165, 1.54) is 25.3 Å². The van der Waals surface area contributed by atoms with Crippen LogP contribution in [0.1, 0.15) is 18.5 Å². The molecule has 0 radical (unpaired) electrons. The molecule has 7 nitrogen and oxygen atoms in total. The van der Waals surface area contributed by atoms with E-state index in [1.807, 2.05) is 19.1 Å². The Morgan fingerprint density at radius 2 is 1.96 bits per heavy atom. The third-order valence-electron chi connectivity index (χ3n) is 3.47. The second-order valence-electron chi connectivity index (χ2n) is 5.22. The number of rotatable bonds is 7. The molecule has 0 saturated carbocycles. The number of nitrogens with one attached hydrogen (secondary N) is 1. The highest BCUT2D eigenvalue weighted by Crippen LogP contribution is 2.30. The molecule has 0 aliphatic heterocycles. The van der Waals surface area contributed by atoms with Gasteiger partial charge in [0.1, 0.15) is 5.75 Å². The van der Waals surface area contributed by atoms with E-state index in [4.69, 9.17) is 21.1 Å². The summed E-state index contributed by atoms with van der Waals surface area (Å²) in [6.07, 6.45) is 0. The van der Waals surface area contributed by atoms with Crippen LogP contribution in [0.5, 0.6) is 11.5 Å². The number of hydrogen-bond donors (Lipinski definition) is 1. The maximum absolute atomic E-state index is 12.0. The average Bonchev–Trinajstić information content (AvgIpc) is 2.60. The van der Waals surface area contributed by atoms with Gasteiger partial charge >= 0.3 is 5.69 Å². The maximum Gasteiger partial charge on any atom is 0.314 e. The molecule has 2 aromatic carbocycles. The summed E-state index contributed by atoms with van der Waals surface area (Å²) >= 11 is 5.83. The summed E-state index contributed by atoms with van der Waals surface area (Å²) in [6.45, 7) is 1.47. The largest absolute Gasteiger partial charge is 0.496 e. The second kappa shape index (κ2) is 8.34. The van der Waals surface area contributed by atoms with Crippen LogP contribution in [0.3, 0.4) is 0 Å². The Hall–Kier alpha value is -2.80. The SMILES string of the molecule is COc1ccc(OCC(=O)NC(C)c2ccc(Cl)cc2)c([N+](=O)[O-])c1. The van der Waals surface area contributed by atoms with Crippen LogP contribution in [0.4, 0.5) is 5.69 Å². The van der Waals surface area contributed by atoms with E-state index in [0.717, 1.165) is 5.56 Å². The summed E-state index contributed by atoms with van der Waals surface area (Å²) in [6, 6.07) is 11.0. The summed E-state index contributed by atoms with van der Waals surface area (Å²) in [5.74, 6) is -0.0625. The number of carbonyl (C=O) groups excluding carboxylic acids is 1. The zero-order valence-electron chi connectivity index (χ0n) is 13.7. The molecular weight excluding hydrogens is 348 g/mol. The smallest absolute Gasteiger partial charge is 0.314 e. The molecule has 1 atom stereocenters. The Kier molecular flexibility index (Phi) is 6.19. The molecule has 0 aliphatic carbocycles. The average molecular weight is 365 g/mol. The normalized spacial score (nSPS) is 11.5. The van der Waals surface area contributed by atoms with Crippen LogP contribution in [-0.2, 0) is 4.79 Å². The van der Waals surface area contributed by atoms with E-state index in [0.29, 0.717) is 10.8 Å². The third kappa shape index (κ3) is 5.09. The summed E-state index contributed by atoms with van der Waals surface area (Å²) < 4.78 is 10.2. The molecule has 1 unspecified atom stereocenters. The molecule has 25 heavy (non-hydrogen) atoms. The fourth-order valence-electron chi connectivity index (χ4n) is 2.15. The number of amides is 1. The summed E-state index contributed by atoms with van der Waals surface area (Å²) in [7, 11) is 1.41. The highest BCUT2D eigenvalue weighted by Gasteiger charge is 2.18. The van der Waals surface area contributed by atoms with Gasteiger partial charge in [-0.05, 0) is 36.8 Å². The number of ether oxygens (including phenoxy) is 2. The molecule has 2 rings (SSSR count). The van der Waals surface area contributed by atoms with Crippen molar-refractivity contribution < 1.29 is 19.2 Å². The number of nitro groups is 1. The van der Waals surface area contributed by atoms with Crippen LogP contribution in [0.2, 0.25) is 5.02 Å². The van der Waals surface area contributed by atoms with Crippen molar-refractivity contribution in [1.29, 1.82) is 0 Å². The lowest BCUT2D eigenvalue weighted by Gasteiger charge is -2.15. The molecule has 1 N–H and O–H groups in total. The van der Waals surface area contributed by atoms with E-state index < -0.39 is 10.8 Å². The summed E-state index contributed by atoms with van der Waals surface area (Å²) in [5.41, 5.74) is 0.617. The first kappa shape index (κ1) is 18.5. The van der Waals surface area contributed by atoms with Crippen molar-refractivity contribution in [2.45, 2.75) is 13.0 Å². The van der Waals surface area contributed by atoms with Gasteiger partial charge in [-0.2, -0.15) is 0 Å². The molecule has 1 amide bonds. The maximum atomic E-state index is 12.0. The Morgan fingerprint density at radius 3 is 2.56 bits per heavy atom. The van der Waals surface area contributed by atoms with Crippen LogP contribution in [-0.4, -0.2) is 24.5 Å². The Bertz CT molecular complexity index is 764. The second-order valence-corrected chi connectivity index (χ2v) is 5.66. The van der Waals surface area contributed by atoms with Gasteiger partial charge in [0.25, 0.3) is 5.91 Å². The monoisotopic (exact) mass is 364 g/mol. The van der Waals surface area contributed by atoms with Crippen molar-refractivity contribution in [2.75, 3.05) is 13.7 Å². The summed E-state index contributed by atoms with van der Waals surface area (Å²) in [4.78, 5) is 22.5. The molecule has 0 spiro atoms. The van der Waals surface area contributed by atoms with Crippen LogP contribution in [0.25, 0.3) is 0 Å². The fourth-order valence-corrected chi connectivity index (χ4v) is 2.28. The Labute approximate surface area is 149 Å². The fraction of sp³-hybridized carbons (Fsp3) is 0.235. The van der Waals surface area contributed by atoms with Gasteiger partial charge in [-0.15, -0.1) is 0 Å². The van der Waals surface area contributed by atoms with Crippen LogP contribution in [0, 0.1) is 10.1 Å². The number of benzene rings is 2. The Morgan fingerprint density at radius 1 is 1.28 bits per heavy atom. The van der Waals surface area contributed by atoms with Crippen molar-refractivity contribution >= 4 is 23.2 Å². The minimum Gasteiger partial charge on any atom is -0.496 e.